The summed E-state index contributed by atoms with van der Waals surface area (Å²) in [5.41, 5.74) is 0. The summed E-state index contributed by atoms with van der Waals surface area (Å²) in [5.74, 6) is -1.48. The normalized spacial score (nSPS) is 9.33. The van der Waals surface area contributed by atoms with Gasteiger partial charge in [-0.25, -0.2) is 0 Å². The molecule has 0 fully saturated rings. The Hall–Kier alpha value is -0.138. The molecule has 0 aliphatic carbocycles. The molecule has 0 aromatic carbocycles. The molecule has 0 rings (SSSR count). The van der Waals surface area contributed by atoms with E-state index in [9.17, 15) is 9.59 Å². The molecule has 5 heteroatoms. The zero-order valence-electron chi connectivity index (χ0n) is 9.07. The molecular formula is C10H18CdO4. The molecule has 2 N–H and O–H groups in total. The second-order valence-corrected chi connectivity index (χ2v) is 3.41. The average Bonchev–Trinajstić information content (AvgIpc) is 2.08. The summed E-state index contributed by atoms with van der Waals surface area (Å²) < 4.78 is 0. The minimum Gasteiger partial charge on any atom is -0.481 e. The number of rotatable bonds is 9. The van der Waals surface area contributed by atoms with E-state index in [1.54, 1.807) is 0 Å². The Morgan fingerprint density at radius 3 is 1.20 bits per heavy atom. The van der Waals surface area contributed by atoms with E-state index in [0.717, 1.165) is 38.5 Å². The Kier molecular flexibility index (Phi) is 13.7. The predicted molar refractivity (Wildman–Crippen MR) is 52.2 cm³/mol. The van der Waals surface area contributed by atoms with E-state index in [0.29, 0.717) is 0 Å². The predicted octanol–water partition coefficient (Wildman–Crippen LogP) is 2.27. The standard InChI is InChI=1S/C10H18O4.Cd/c11-9(12)7-5-3-1-2-4-6-8-10(13)14;/h1-8H2,(H,11,12)(H,13,14);. The number of aliphatic carboxylic acids is 2. The zero-order chi connectivity index (χ0) is 10.8. The van der Waals surface area contributed by atoms with Crippen molar-refractivity contribution < 1.29 is 47.1 Å². The Morgan fingerprint density at radius 2 is 0.933 bits per heavy atom. The van der Waals surface area contributed by atoms with Crippen LogP contribution in [0.3, 0.4) is 0 Å². The van der Waals surface area contributed by atoms with Crippen molar-refractivity contribution in [2.45, 2.75) is 51.4 Å². The molecule has 0 aliphatic rings. The molecule has 0 unspecified atom stereocenters. The molecule has 0 saturated heterocycles. The SMILES string of the molecule is O=C(O)CCCCCCCCC(=O)O.[Cd]. The Bertz CT molecular complexity index is 162. The Labute approximate surface area is 110 Å². The van der Waals surface area contributed by atoms with E-state index in [1.807, 2.05) is 0 Å². The first-order chi connectivity index (χ1) is 6.63. The van der Waals surface area contributed by atoms with E-state index < -0.39 is 11.9 Å². The molecule has 0 atom stereocenters. The third-order valence-corrected chi connectivity index (χ3v) is 2.03. The largest absolute Gasteiger partial charge is 0.481 e. The van der Waals surface area contributed by atoms with Crippen molar-refractivity contribution >= 4 is 11.9 Å². The van der Waals surface area contributed by atoms with Crippen molar-refractivity contribution in [1.82, 2.24) is 0 Å². The van der Waals surface area contributed by atoms with Crippen LogP contribution in [0.4, 0.5) is 0 Å². The number of hydrogen-bond acceptors (Lipinski definition) is 2. The van der Waals surface area contributed by atoms with Crippen LogP contribution in [-0.4, -0.2) is 22.2 Å². The molecule has 0 radical (unpaired) electrons. The fraction of sp³-hybridized carbons (Fsp3) is 0.800. The maximum atomic E-state index is 10.1. The van der Waals surface area contributed by atoms with Gasteiger partial charge in [0.15, 0.2) is 0 Å². The first kappa shape index (κ1) is 17.3. The van der Waals surface area contributed by atoms with Crippen LogP contribution in [0, 0.1) is 0 Å². The van der Waals surface area contributed by atoms with Crippen molar-refractivity contribution in [1.29, 1.82) is 0 Å². The van der Waals surface area contributed by atoms with Crippen LogP contribution in [0.2, 0.25) is 0 Å². The molecule has 0 aromatic heterocycles. The summed E-state index contributed by atoms with van der Waals surface area (Å²) in [7, 11) is 0. The van der Waals surface area contributed by atoms with Gasteiger partial charge in [-0.1, -0.05) is 25.7 Å². The van der Waals surface area contributed by atoms with Crippen LogP contribution in [0.5, 0.6) is 0 Å². The van der Waals surface area contributed by atoms with Gasteiger partial charge in [-0.3, -0.25) is 9.59 Å². The van der Waals surface area contributed by atoms with Crippen LogP contribution in [0.15, 0.2) is 0 Å². The van der Waals surface area contributed by atoms with E-state index in [2.05, 4.69) is 0 Å². The van der Waals surface area contributed by atoms with E-state index in [4.69, 9.17) is 10.2 Å². The van der Waals surface area contributed by atoms with Gasteiger partial charge in [0.2, 0.25) is 0 Å². The van der Waals surface area contributed by atoms with Crippen molar-refractivity contribution in [2.24, 2.45) is 0 Å². The van der Waals surface area contributed by atoms with Crippen LogP contribution in [-0.2, 0) is 36.9 Å². The minimum atomic E-state index is -0.740. The first-order valence-electron chi connectivity index (χ1n) is 5.06. The Balaban J connectivity index is 0. The quantitative estimate of drug-likeness (QED) is 0.506. The molecule has 15 heavy (non-hydrogen) atoms. The van der Waals surface area contributed by atoms with E-state index >= 15 is 0 Å². The number of carboxylic acids is 2. The van der Waals surface area contributed by atoms with Gasteiger partial charge in [0.1, 0.15) is 0 Å². The summed E-state index contributed by atoms with van der Waals surface area (Å²) in [6.07, 6.45) is 5.82. The zero-order valence-corrected chi connectivity index (χ0v) is 13.1. The second-order valence-electron chi connectivity index (χ2n) is 3.41. The fourth-order valence-electron chi connectivity index (χ4n) is 1.26. The molecule has 0 aliphatic heterocycles. The fourth-order valence-corrected chi connectivity index (χ4v) is 1.26. The van der Waals surface area contributed by atoms with Crippen LogP contribution in [0.25, 0.3) is 0 Å². The molecule has 0 saturated carbocycles. The van der Waals surface area contributed by atoms with Gasteiger partial charge in [0.25, 0.3) is 0 Å². The maximum Gasteiger partial charge on any atom is 0.303 e. The van der Waals surface area contributed by atoms with Gasteiger partial charge in [0.05, 0.1) is 0 Å². The average molecular weight is 315 g/mol. The number of unbranched alkanes of at least 4 members (excludes halogenated alkanes) is 5. The van der Waals surface area contributed by atoms with Crippen molar-refractivity contribution in [3.05, 3.63) is 0 Å². The maximum absolute atomic E-state index is 10.1. The van der Waals surface area contributed by atoms with Crippen LogP contribution in [0.1, 0.15) is 51.4 Å². The Morgan fingerprint density at radius 1 is 0.667 bits per heavy atom. The third-order valence-electron chi connectivity index (χ3n) is 2.03. The monoisotopic (exact) mass is 316 g/mol. The topological polar surface area (TPSA) is 74.6 Å². The summed E-state index contributed by atoms with van der Waals surface area (Å²) in [6, 6.07) is 0. The van der Waals surface area contributed by atoms with Crippen LogP contribution >= 0.6 is 0 Å². The van der Waals surface area contributed by atoms with Crippen LogP contribution < -0.4 is 0 Å². The van der Waals surface area contributed by atoms with Crippen molar-refractivity contribution in [2.75, 3.05) is 0 Å². The molecule has 0 aromatic rings. The van der Waals surface area contributed by atoms with Gasteiger partial charge < -0.3 is 10.2 Å². The molecular weight excluding hydrogens is 297 g/mol. The molecule has 0 amide bonds. The molecule has 0 heterocycles. The van der Waals surface area contributed by atoms with Gasteiger partial charge in [-0.2, -0.15) is 0 Å². The molecule has 4 nitrogen and oxygen atoms in total. The van der Waals surface area contributed by atoms with Gasteiger partial charge in [0, 0.05) is 40.1 Å². The summed E-state index contributed by atoms with van der Waals surface area (Å²) in [6.45, 7) is 0. The smallest absolute Gasteiger partial charge is 0.303 e. The molecule has 84 valence electrons. The van der Waals surface area contributed by atoms with E-state index in [1.165, 1.54) is 0 Å². The van der Waals surface area contributed by atoms with Gasteiger partial charge >= 0.3 is 11.9 Å². The first-order valence-corrected chi connectivity index (χ1v) is 5.06. The van der Waals surface area contributed by atoms with Gasteiger partial charge in [-0.15, -0.1) is 0 Å². The molecule has 0 bridgehead atoms. The van der Waals surface area contributed by atoms with Gasteiger partial charge in [-0.05, 0) is 12.8 Å². The molecule has 0 spiro atoms. The van der Waals surface area contributed by atoms with Crippen molar-refractivity contribution in [3.8, 4) is 0 Å². The number of hydrogen-bond donors (Lipinski definition) is 2. The summed E-state index contributed by atoms with van der Waals surface area (Å²) >= 11 is 0. The second kappa shape index (κ2) is 11.9. The number of carbonyl (C=O) groups is 2. The summed E-state index contributed by atoms with van der Waals surface area (Å²) in [4.78, 5) is 20.3. The van der Waals surface area contributed by atoms with E-state index in [-0.39, 0.29) is 40.1 Å². The van der Waals surface area contributed by atoms with Crippen molar-refractivity contribution in [3.63, 3.8) is 0 Å². The minimum absolute atomic E-state index is 0. The number of carboxylic acid groups (broad SMARTS) is 2. The summed E-state index contributed by atoms with van der Waals surface area (Å²) in [5, 5.41) is 16.7. The third kappa shape index (κ3) is 16.5.